The van der Waals surface area contributed by atoms with E-state index in [0.29, 0.717) is 43.3 Å². The average molecular weight is 384 g/mol. The lowest BCUT2D eigenvalue weighted by Crippen LogP contribution is -2.39. The van der Waals surface area contributed by atoms with Crippen molar-refractivity contribution in [3.8, 4) is 11.5 Å². The molecule has 8 heteroatoms. The van der Waals surface area contributed by atoms with Gasteiger partial charge in [0.25, 0.3) is 0 Å². The third kappa shape index (κ3) is 3.90. The summed E-state index contributed by atoms with van der Waals surface area (Å²) in [7, 11) is 0. The van der Waals surface area contributed by atoms with Crippen molar-refractivity contribution < 1.29 is 18.1 Å². The molecule has 28 heavy (non-hydrogen) atoms. The highest BCUT2D eigenvalue weighted by molar-refractivity contribution is 5.79. The van der Waals surface area contributed by atoms with Crippen molar-refractivity contribution in [2.45, 2.75) is 25.2 Å². The molecule has 2 aromatic heterocycles. The van der Waals surface area contributed by atoms with Gasteiger partial charge in [-0.1, -0.05) is 11.2 Å². The van der Waals surface area contributed by atoms with Crippen LogP contribution in [0.5, 0.6) is 0 Å². The highest BCUT2D eigenvalue weighted by Crippen LogP contribution is 2.28. The predicted molar refractivity (Wildman–Crippen MR) is 96.1 cm³/mol. The Hall–Kier alpha value is -3.16. The fourth-order valence-electron chi connectivity index (χ4n) is 3.33. The summed E-state index contributed by atoms with van der Waals surface area (Å²) >= 11 is 0. The molecule has 0 radical (unpaired) electrons. The SMILES string of the molecule is O=C(Cc1cc(F)ccc1F)N1CCC(c2nc(-c3ccccn3)no2)CC1. The van der Waals surface area contributed by atoms with Crippen molar-refractivity contribution in [2.24, 2.45) is 0 Å². The van der Waals surface area contributed by atoms with Crippen LogP contribution in [0.15, 0.2) is 47.1 Å². The second kappa shape index (κ2) is 7.84. The number of halogens is 2. The van der Waals surface area contributed by atoms with Crippen LogP contribution >= 0.6 is 0 Å². The molecule has 4 rings (SSSR count). The minimum atomic E-state index is -0.572. The molecule has 0 saturated carbocycles. The zero-order valence-corrected chi connectivity index (χ0v) is 15.0. The van der Waals surface area contributed by atoms with E-state index in [1.807, 2.05) is 12.1 Å². The Morgan fingerprint density at radius 3 is 2.75 bits per heavy atom. The summed E-state index contributed by atoms with van der Waals surface area (Å²) in [5.74, 6) is -0.317. The number of nitrogens with zero attached hydrogens (tertiary/aromatic N) is 4. The Bertz CT molecular complexity index is 969. The minimum absolute atomic E-state index is 0.0555. The zero-order valence-electron chi connectivity index (χ0n) is 15.0. The summed E-state index contributed by atoms with van der Waals surface area (Å²) in [6.07, 6.45) is 2.85. The molecule has 1 aromatic carbocycles. The topological polar surface area (TPSA) is 72.1 Å². The number of hydrogen-bond donors (Lipinski definition) is 0. The summed E-state index contributed by atoms with van der Waals surface area (Å²) in [4.78, 5) is 22.7. The van der Waals surface area contributed by atoms with E-state index >= 15 is 0 Å². The lowest BCUT2D eigenvalue weighted by molar-refractivity contribution is -0.131. The smallest absolute Gasteiger partial charge is 0.230 e. The van der Waals surface area contributed by atoms with Gasteiger partial charge < -0.3 is 9.42 Å². The number of likely N-dealkylation sites (tertiary alicyclic amines) is 1. The minimum Gasteiger partial charge on any atom is -0.342 e. The fraction of sp³-hybridized carbons (Fsp3) is 0.300. The number of carbonyl (C=O) groups excluding carboxylic acids is 1. The molecule has 1 aliphatic heterocycles. The lowest BCUT2D eigenvalue weighted by Gasteiger charge is -2.30. The molecule has 3 heterocycles. The van der Waals surface area contributed by atoms with E-state index in [-0.39, 0.29) is 23.8 Å². The van der Waals surface area contributed by atoms with Gasteiger partial charge >= 0.3 is 0 Å². The van der Waals surface area contributed by atoms with Gasteiger partial charge in [-0.05, 0) is 43.2 Å². The van der Waals surface area contributed by atoms with Crippen LogP contribution in [0.3, 0.4) is 0 Å². The second-order valence-corrected chi connectivity index (χ2v) is 6.74. The molecule has 6 nitrogen and oxygen atoms in total. The molecule has 0 atom stereocenters. The number of aromatic nitrogens is 3. The van der Waals surface area contributed by atoms with Crippen molar-refractivity contribution >= 4 is 5.91 Å². The first kappa shape index (κ1) is 18.2. The maximum absolute atomic E-state index is 13.8. The molecular weight excluding hydrogens is 366 g/mol. The van der Waals surface area contributed by atoms with Gasteiger partial charge in [-0.25, -0.2) is 8.78 Å². The number of rotatable bonds is 4. The van der Waals surface area contributed by atoms with Gasteiger partial charge in [-0.3, -0.25) is 9.78 Å². The lowest BCUT2D eigenvalue weighted by atomic mass is 9.96. The van der Waals surface area contributed by atoms with E-state index in [9.17, 15) is 13.6 Å². The van der Waals surface area contributed by atoms with Gasteiger partial charge in [0.05, 0.1) is 6.42 Å². The first-order valence-electron chi connectivity index (χ1n) is 9.07. The van der Waals surface area contributed by atoms with E-state index < -0.39 is 11.6 Å². The standard InChI is InChI=1S/C20H18F2N4O2/c21-15-4-5-16(22)14(11-15)12-18(27)26-9-6-13(7-10-26)20-24-19(25-28-20)17-3-1-2-8-23-17/h1-5,8,11,13H,6-7,9-10,12H2. The van der Waals surface area contributed by atoms with Gasteiger partial charge in [-0.15, -0.1) is 0 Å². The van der Waals surface area contributed by atoms with Gasteiger partial charge in [0.2, 0.25) is 17.6 Å². The Balaban J connectivity index is 1.36. The quantitative estimate of drug-likeness (QED) is 0.690. The van der Waals surface area contributed by atoms with E-state index in [0.717, 1.165) is 18.2 Å². The first-order chi connectivity index (χ1) is 13.6. The zero-order chi connectivity index (χ0) is 19.5. The number of amides is 1. The van der Waals surface area contributed by atoms with Gasteiger partial charge in [0.1, 0.15) is 17.3 Å². The summed E-state index contributed by atoms with van der Waals surface area (Å²) in [5, 5.41) is 3.98. The van der Waals surface area contributed by atoms with E-state index in [1.165, 1.54) is 0 Å². The summed E-state index contributed by atoms with van der Waals surface area (Å²) in [6.45, 7) is 1.00. The van der Waals surface area contributed by atoms with Crippen LogP contribution in [0.2, 0.25) is 0 Å². The summed E-state index contributed by atoms with van der Waals surface area (Å²) in [6, 6.07) is 8.62. The van der Waals surface area contributed by atoms with Crippen molar-refractivity contribution in [1.82, 2.24) is 20.0 Å². The third-order valence-electron chi connectivity index (χ3n) is 4.88. The van der Waals surface area contributed by atoms with Gasteiger partial charge in [0, 0.05) is 30.8 Å². The van der Waals surface area contributed by atoms with Crippen molar-refractivity contribution in [3.05, 3.63) is 65.7 Å². The van der Waals surface area contributed by atoms with Crippen LogP contribution in [0.25, 0.3) is 11.5 Å². The van der Waals surface area contributed by atoms with Crippen LogP contribution in [0.4, 0.5) is 8.78 Å². The molecule has 1 fully saturated rings. The molecule has 1 saturated heterocycles. The van der Waals surface area contributed by atoms with Crippen LogP contribution in [-0.4, -0.2) is 39.0 Å². The number of benzene rings is 1. The second-order valence-electron chi connectivity index (χ2n) is 6.74. The van der Waals surface area contributed by atoms with Gasteiger partial charge in [0.15, 0.2) is 0 Å². The molecule has 3 aromatic rings. The molecular formula is C20H18F2N4O2. The summed E-state index contributed by atoms with van der Waals surface area (Å²) < 4.78 is 32.4. The largest absolute Gasteiger partial charge is 0.342 e. The number of hydrogen-bond acceptors (Lipinski definition) is 5. The first-order valence-corrected chi connectivity index (χ1v) is 9.07. The highest BCUT2D eigenvalue weighted by Gasteiger charge is 2.28. The monoisotopic (exact) mass is 384 g/mol. The van der Waals surface area contributed by atoms with Crippen LogP contribution < -0.4 is 0 Å². The van der Waals surface area contributed by atoms with E-state index in [1.54, 1.807) is 17.2 Å². The van der Waals surface area contributed by atoms with Crippen LogP contribution in [0, 0.1) is 11.6 Å². The maximum Gasteiger partial charge on any atom is 0.230 e. The Morgan fingerprint density at radius 2 is 2.00 bits per heavy atom. The Kier molecular flexibility index (Phi) is 5.10. The Labute approximate surface area is 160 Å². The molecule has 144 valence electrons. The molecule has 1 aliphatic rings. The number of piperidine rings is 1. The Morgan fingerprint density at radius 1 is 1.18 bits per heavy atom. The van der Waals surface area contributed by atoms with Crippen molar-refractivity contribution in [2.75, 3.05) is 13.1 Å². The van der Waals surface area contributed by atoms with Crippen molar-refractivity contribution in [3.63, 3.8) is 0 Å². The normalized spacial score (nSPS) is 15.0. The number of carbonyl (C=O) groups is 1. The van der Waals surface area contributed by atoms with E-state index in [2.05, 4.69) is 15.1 Å². The molecule has 0 aliphatic carbocycles. The molecule has 1 amide bonds. The van der Waals surface area contributed by atoms with Crippen LogP contribution in [-0.2, 0) is 11.2 Å². The fourth-order valence-corrected chi connectivity index (χ4v) is 3.33. The van der Waals surface area contributed by atoms with E-state index in [4.69, 9.17) is 4.52 Å². The van der Waals surface area contributed by atoms with Gasteiger partial charge in [-0.2, -0.15) is 4.98 Å². The molecule has 0 spiro atoms. The average Bonchev–Trinajstić information content (AvgIpc) is 3.22. The highest BCUT2D eigenvalue weighted by atomic mass is 19.1. The van der Waals surface area contributed by atoms with Crippen LogP contribution in [0.1, 0.15) is 30.2 Å². The number of pyridine rings is 1. The third-order valence-corrected chi connectivity index (χ3v) is 4.88. The maximum atomic E-state index is 13.8. The summed E-state index contributed by atoms with van der Waals surface area (Å²) in [5.41, 5.74) is 0.714. The predicted octanol–water partition coefficient (Wildman–Crippen LogP) is 3.36. The molecule has 0 bridgehead atoms. The molecule has 0 unspecified atom stereocenters. The van der Waals surface area contributed by atoms with Crippen molar-refractivity contribution in [1.29, 1.82) is 0 Å². The molecule has 0 N–H and O–H groups in total.